The Balaban J connectivity index is 1.83. The minimum absolute atomic E-state index is 0.0949. The summed E-state index contributed by atoms with van der Waals surface area (Å²) in [5.74, 6) is 1.35. The number of benzene rings is 2. The Kier molecular flexibility index (Phi) is 7.14. The standard InChI is InChI=1S/C20H26N2O3/c1-16(2)22(15-17-9-5-4-6-10-17)20(23)21-13-14-25-19-12-8-7-11-18(19)24-3/h4-12,16H,13-15H2,1-3H3,(H,21,23). The highest BCUT2D eigenvalue weighted by atomic mass is 16.5. The molecule has 2 rings (SSSR count). The number of rotatable bonds is 8. The molecule has 5 heteroatoms. The van der Waals surface area contributed by atoms with Gasteiger partial charge in [-0.15, -0.1) is 0 Å². The molecule has 0 fully saturated rings. The van der Waals surface area contributed by atoms with Crippen molar-refractivity contribution in [1.82, 2.24) is 10.2 Å². The van der Waals surface area contributed by atoms with Crippen molar-refractivity contribution in [3.8, 4) is 11.5 Å². The van der Waals surface area contributed by atoms with Crippen LogP contribution < -0.4 is 14.8 Å². The zero-order valence-electron chi connectivity index (χ0n) is 15.1. The number of amides is 2. The Morgan fingerprint density at radius 3 is 2.32 bits per heavy atom. The molecule has 1 N–H and O–H groups in total. The van der Waals surface area contributed by atoms with E-state index in [4.69, 9.17) is 9.47 Å². The number of hydrogen-bond donors (Lipinski definition) is 1. The second kappa shape index (κ2) is 9.57. The first-order chi connectivity index (χ1) is 12.1. The fraction of sp³-hybridized carbons (Fsp3) is 0.350. The molecule has 2 aromatic carbocycles. The highest BCUT2D eigenvalue weighted by Crippen LogP contribution is 2.25. The van der Waals surface area contributed by atoms with Crippen LogP contribution in [0.25, 0.3) is 0 Å². The molecule has 0 saturated heterocycles. The van der Waals surface area contributed by atoms with Crippen LogP contribution in [0.4, 0.5) is 4.79 Å². The van der Waals surface area contributed by atoms with Crippen molar-refractivity contribution in [2.24, 2.45) is 0 Å². The fourth-order valence-electron chi connectivity index (χ4n) is 2.43. The van der Waals surface area contributed by atoms with E-state index in [1.807, 2.05) is 68.4 Å². The van der Waals surface area contributed by atoms with Gasteiger partial charge in [0.1, 0.15) is 6.61 Å². The molecular weight excluding hydrogens is 316 g/mol. The van der Waals surface area contributed by atoms with Gasteiger partial charge in [-0.3, -0.25) is 0 Å². The molecule has 0 atom stereocenters. The molecule has 0 saturated carbocycles. The van der Waals surface area contributed by atoms with Crippen molar-refractivity contribution in [2.45, 2.75) is 26.4 Å². The number of carbonyl (C=O) groups is 1. The zero-order chi connectivity index (χ0) is 18.1. The van der Waals surface area contributed by atoms with E-state index >= 15 is 0 Å². The minimum atomic E-state index is -0.0949. The molecule has 25 heavy (non-hydrogen) atoms. The number of urea groups is 1. The highest BCUT2D eigenvalue weighted by molar-refractivity contribution is 5.74. The van der Waals surface area contributed by atoms with Gasteiger partial charge in [0.05, 0.1) is 13.7 Å². The summed E-state index contributed by atoms with van der Waals surface area (Å²) in [5, 5.41) is 2.91. The average Bonchev–Trinajstić information content (AvgIpc) is 2.64. The van der Waals surface area contributed by atoms with Gasteiger partial charge in [0.2, 0.25) is 0 Å². The summed E-state index contributed by atoms with van der Waals surface area (Å²) < 4.78 is 10.9. The molecule has 2 amide bonds. The van der Waals surface area contributed by atoms with Crippen molar-refractivity contribution < 1.29 is 14.3 Å². The highest BCUT2D eigenvalue weighted by Gasteiger charge is 2.16. The van der Waals surface area contributed by atoms with Crippen molar-refractivity contribution in [1.29, 1.82) is 0 Å². The van der Waals surface area contributed by atoms with Crippen molar-refractivity contribution in [2.75, 3.05) is 20.3 Å². The van der Waals surface area contributed by atoms with E-state index in [0.717, 1.165) is 5.56 Å². The van der Waals surface area contributed by atoms with Gasteiger partial charge in [0.15, 0.2) is 11.5 Å². The molecule has 5 nitrogen and oxygen atoms in total. The van der Waals surface area contributed by atoms with E-state index in [9.17, 15) is 4.79 Å². The fourth-order valence-corrected chi connectivity index (χ4v) is 2.43. The van der Waals surface area contributed by atoms with Gasteiger partial charge in [-0.05, 0) is 31.5 Å². The molecule has 0 spiro atoms. The van der Waals surface area contributed by atoms with Gasteiger partial charge in [-0.2, -0.15) is 0 Å². The van der Waals surface area contributed by atoms with Gasteiger partial charge in [-0.1, -0.05) is 42.5 Å². The van der Waals surface area contributed by atoms with Crippen molar-refractivity contribution in [3.63, 3.8) is 0 Å². The van der Waals surface area contributed by atoms with E-state index in [0.29, 0.717) is 31.2 Å². The Morgan fingerprint density at radius 2 is 1.68 bits per heavy atom. The van der Waals surface area contributed by atoms with Crippen LogP contribution >= 0.6 is 0 Å². The lowest BCUT2D eigenvalue weighted by atomic mass is 10.2. The SMILES string of the molecule is COc1ccccc1OCCNC(=O)N(Cc1ccccc1)C(C)C. The third-order valence-electron chi connectivity index (χ3n) is 3.78. The van der Waals surface area contributed by atoms with Crippen LogP contribution in [0.3, 0.4) is 0 Å². The molecule has 0 bridgehead atoms. The van der Waals surface area contributed by atoms with E-state index < -0.39 is 0 Å². The summed E-state index contributed by atoms with van der Waals surface area (Å²) in [5.41, 5.74) is 1.11. The molecular formula is C20H26N2O3. The minimum Gasteiger partial charge on any atom is -0.493 e. The maximum atomic E-state index is 12.5. The predicted octanol–water partition coefficient (Wildman–Crippen LogP) is 3.69. The molecule has 134 valence electrons. The maximum Gasteiger partial charge on any atom is 0.318 e. The number of nitrogens with zero attached hydrogens (tertiary/aromatic N) is 1. The van der Waals surface area contributed by atoms with Gasteiger partial charge in [0.25, 0.3) is 0 Å². The summed E-state index contributed by atoms with van der Waals surface area (Å²) in [6.45, 7) is 5.40. The Morgan fingerprint density at radius 1 is 1.04 bits per heavy atom. The smallest absolute Gasteiger partial charge is 0.318 e. The largest absolute Gasteiger partial charge is 0.493 e. The molecule has 2 aromatic rings. The Bertz CT molecular complexity index is 659. The summed E-state index contributed by atoms with van der Waals surface area (Å²) in [6.07, 6.45) is 0. The molecule has 0 aliphatic heterocycles. The molecule has 0 radical (unpaired) electrons. The lowest BCUT2D eigenvalue weighted by molar-refractivity contribution is 0.177. The number of carbonyl (C=O) groups excluding carboxylic acids is 1. The van der Waals surface area contributed by atoms with Crippen LogP contribution in [-0.4, -0.2) is 37.2 Å². The number of para-hydroxylation sites is 2. The summed E-state index contributed by atoms with van der Waals surface area (Å²) in [6, 6.07) is 17.4. The quantitative estimate of drug-likeness (QED) is 0.744. The van der Waals surface area contributed by atoms with Gasteiger partial charge >= 0.3 is 6.03 Å². The molecule has 0 aromatic heterocycles. The maximum absolute atomic E-state index is 12.5. The van der Waals surface area contributed by atoms with Crippen LogP contribution in [0.5, 0.6) is 11.5 Å². The predicted molar refractivity (Wildman–Crippen MR) is 99.0 cm³/mol. The number of methoxy groups -OCH3 is 1. The van der Waals surface area contributed by atoms with Gasteiger partial charge in [-0.25, -0.2) is 4.79 Å². The first-order valence-corrected chi connectivity index (χ1v) is 8.46. The van der Waals surface area contributed by atoms with Crippen LogP contribution in [0.15, 0.2) is 54.6 Å². The van der Waals surface area contributed by atoms with E-state index in [1.54, 1.807) is 12.0 Å². The lowest BCUT2D eigenvalue weighted by Crippen LogP contribution is -2.44. The lowest BCUT2D eigenvalue weighted by Gasteiger charge is -2.27. The number of ether oxygens (including phenoxy) is 2. The summed E-state index contributed by atoms with van der Waals surface area (Å²) in [4.78, 5) is 14.3. The normalized spacial score (nSPS) is 10.4. The van der Waals surface area contributed by atoms with Crippen LogP contribution in [-0.2, 0) is 6.54 Å². The van der Waals surface area contributed by atoms with E-state index in [2.05, 4.69) is 5.32 Å². The third-order valence-corrected chi connectivity index (χ3v) is 3.78. The molecule has 0 heterocycles. The molecule has 0 unspecified atom stereocenters. The monoisotopic (exact) mass is 342 g/mol. The Labute approximate surface area is 149 Å². The Hall–Kier alpha value is -2.69. The van der Waals surface area contributed by atoms with Crippen molar-refractivity contribution >= 4 is 6.03 Å². The molecule has 0 aliphatic carbocycles. The first kappa shape index (κ1) is 18.6. The topological polar surface area (TPSA) is 50.8 Å². The van der Waals surface area contributed by atoms with Crippen LogP contribution in [0.2, 0.25) is 0 Å². The van der Waals surface area contributed by atoms with E-state index in [-0.39, 0.29) is 12.1 Å². The average molecular weight is 342 g/mol. The van der Waals surface area contributed by atoms with Gasteiger partial charge < -0.3 is 19.7 Å². The second-order valence-corrected chi connectivity index (χ2v) is 5.94. The molecule has 0 aliphatic rings. The number of hydrogen-bond acceptors (Lipinski definition) is 3. The third kappa shape index (κ3) is 5.71. The van der Waals surface area contributed by atoms with Crippen LogP contribution in [0.1, 0.15) is 19.4 Å². The zero-order valence-corrected chi connectivity index (χ0v) is 15.1. The summed E-state index contributed by atoms with van der Waals surface area (Å²) >= 11 is 0. The summed E-state index contributed by atoms with van der Waals surface area (Å²) in [7, 11) is 1.61. The van der Waals surface area contributed by atoms with Crippen molar-refractivity contribution in [3.05, 3.63) is 60.2 Å². The van der Waals surface area contributed by atoms with E-state index in [1.165, 1.54) is 0 Å². The van der Waals surface area contributed by atoms with Gasteiger partial charge in [0, 0.05) is 12.6 Å². The van der Waals surface area contributed by atoms with Crippen LogP contribution in [0, 0.1) is 0 Å². The second-order valence-electron chi connectivity index (χ2n) is 5.94. The first-order valence-electron chi connectivity index (χ1n) is 8.46. The number of nitrogens with one attached hydrogen (secondary N) is 1.